The van der Waals surface area contributed by atoms with Crippen LogP contribution < -0.4 is 0 Å². The van der Waals surface area contributed by atoms with Gasteiger partial charge in [-0.3, -0.25) is 0 Å². The number of alkyl halides is 1. The van der Waals surface area contributed by atoms with Crippen molar-refractivity contribution in [3.05, 3.63) is 0 Å². The van der Waals surface area contributed by atoms with Gasteiger partial charge in [0.25, 0.3) is 0 Å². The standard InChI is InChI=1S/C28H57Cl/c1-4-7-10-18-23-28(24-19-11-8-5-2,25-20-12-9-6-3)26-21-16-14-13-15-17-22-27-29/h4-27H2,1-3H3. The molecule has 0 rings (SSSR count). The van der Waals surface area contributed by atoms with Crippen molar-refractivity contribution in [3.63, 3.8) is 0 Å². The van der Waals surface area contributed by atoms with E-state index in [9.17, 15) is 0 Å². The Balaban J connectivity index is 4.54. The van der Waals surface area contributed by atoms with Crippen LogP contribution in [0.1, 0.15) is 168 Å². The molecular formula is C28H57Cl. The van der Waals surface area contributed by atoms with Gasteiger partial charge in [-0.05, 0) is 37.5 Å². The average molecular weight is 429 g/mol. The summed E-state index contributed by atoms with van der Waals surface area (Å²) in [4.78, 5) is 0. The second-order valence-electron chi connectivity index (χ2n) is 9.85. The monoisotopic (exact) mass is 428 g/mol. The third kappa shape index (κ3) is 18.8. The SMILES string of the molecule is CCCCCCC(CCCCCC)(CCCCCC)CCCCCCCCCCl. The summed E-state index contributed by atoms with van der Waals surface area (Å²) in [6.07, 6.45) is 33.0. The van der Waals surface area contributed by atoms with Crippen LogP contribution in [0.2, 0.25) is 0 Å². The Labute approximate surface area is 191 Å². The van der Waals surface area contributed by atoms with E-state index in [1.165, 1.54) is 148 Å². The van der Waals surface area contributed by atoms with Crippen LogP contribution in [0.25, 0.3) is 0 Å². The largest absolute Gasteiger partial charge is 0.127 e. The summed E-state index contributed by atoms with van der Waals surface area (Å²) in [7, 11) is 0. The highest BCUT2D eigenvalue weighted by atomic mass is 35.5. The van der Waals surface area contributed by atoms with Crippen LogP contribution in [-0.4, -0.2) is 5.88 Å². The van der Waals surface area contributed by atoms with E-state index in [2.05, 4.69) is 20.8 Å². The first-order valence-corrected chi connectivity index (χ1v) is 14.3. The third-order valence-electron chi connectivity index (χ3n) is 7.02. The van der Waals surface area contributed by atoms with Crippen LogP contribution in [0.15, 0.2) is 0 Å². The Morgan fingerprint density at radius 1 is 0.379 bits per heavy atom. The van der Waals surface area contributed by atoms with E-state index < -0.39 is 0 Å². The summed E-state index contributed by atoms with van der Waals surface area (Å²) in [5, 5.41) is 0. The zero-order valence-electron chi connectivity index (χ0n) is 20.8. The summed E-state index contributed by atoms with van der Waals surface area (Å²) in [6.45, 7) is 7.03. The van der Waals surface area contributed by atoms with Crippen LogP contribution in [0.3, 0.4) is 0 Å². The lowest BCUT2D eigenvalue weighted by atomic mass is 9.70. The number of rotatable bonds is 24. The molecule has 0 heterocycles. The van der Waals surface area contributed by atoms with Crippen molar-refractivity contribution >= 4 is 11.6 Å². The quantitative estimate of drug-likeness (QED) is 0.106. The highest BCUT2D eigenvalue weighted by Crippen LogP contribution is 2.42. The summed E-state index contributed by atoms with van der Waals surface area (Å²) >= 11 is 5.80. The molecule has 0 saturated heterocycles. The van der Waals surface area contributed by atoms with E-state index in [0.717, 1.165) is 5.88 Å². The summed E-state index contributed by atoms with van der Waals surface area (Å²) < 4.78 is 0. The second-order valence-corrected chi connectivity index (χ2v) is 10.2. The molecule has 0 nitrogen and oxygen atoms in total. The van der Waals surface area contributed by atoms with Crippen molar-refractivity contribution in [2.45, 2.75) is 168 Å². The Morgan fingerprint density at radius 3 is 0.966 bits per heavy atom. The molecule has 0 fully saturated rings. The highest BCUT2D eigenvalue weighted by molar-refractivity contribution is 6.17. The maximum Gasteiger partial charge on any atom is 0.0223 e. The third-order valence-corrected chi connectivity index (χ3v) is 7.29. The predicted octanol–water partition coefficient (Wildman–Crippen LogP) is 11.2. The summed E-state index contributed by atoms with van der Waals surface area (Å²) in [6, 6.07) is 0. The van der Waals surface area contributed by atoms with Gasteiger partial charge < -0.3 is 0 Å². The molecule has 0 aromatic carbocycles. The smallest absolute Gasteiger partial charge is 0.0223 e. The minimum atomic E-state index is 0.674. The summed E-state index contributed by atoms with van der Waals surface area (Å²) in [5.74, 6) is 0.844. The predicted molar refractivity (Wildman–Crippen MR) is 136 cm³/mol. The maximum atomic E-state index is 5.80. The molecule has 0 saturated carbocycles. The molecule has 0 aliphatic heterocycles. The first-order valence-electron chi connectivity index (χ1n) is 13.8. The Morgan fingerprint density at radius 2 is 0.655 bits per heavy atom. The zero-order valence-corrected chi connectivity index (χ0v) is 21.6. The van der Waals surface area contributed by atoms with Crippen molar-refractivity contribution in [3.8, 4) is 0 Å². The molecule has 0 spiro atoms. The molecule has 0 bridgehead atoms. The lowest BCUT2D eigenvalue weighted by Gasteiger charge is -2.35. The Hall–Kier alpha value is 0.290. The van der Waals surface area contributed by atoms with Crippen molar-refractivity contribution in [1.82, 2.24) is 0 Å². The number of unbranched alkanes of at least 4 members (excludes halogenated alkanes) is 15. The minimum absolute atomic E-state index is 0.674. The van der Waals surface area contributed by atoms with Crippen molar-refractivity contribution in [2.24, 2.45) is 5.41 Å². The highest BCUT2D eigenvalue weighted by Gasteiger charge is 2.28. The van der Waals surface area contributed by atoms with Crippen molar-refractivity contribution in [2.75, 3.05) is 5.88 Å². The van der Waals surface area contributed by atoms with E-state index in [1.54, 1.807) is 0 Å². The van der Waals surface area contributed by atoms with Gasteiger partial charge >= 0.3 is 0 Å². The molecule has 29 heavy (non-hydrogen) atoms. The molecule has 0 unspecified atom stereocenters. The second kappa shape index (κ2) is 23.0. The molecule has 0 aromatic rings. The molecule has 0 aliphatic carbocycles. The van der Waals surface area contributed by atoms with Crippen LogP contribution in [-0.2, 0) is 0 Å². The van der Waals surface area contributed by atoms with Gasteiger partial charge in [0, 0.05) is 5.88 Å². The first kappa shape index (κ1) is 29.3. The van der Waals surface area contributed by atoms with E-state index in [0.29, 0.717) is 5.41 Å². The molecule has 0 amide bonds. The molecule has 0 aromatic heterocycles. The topological polar surface area (TPSA) is 0 Å². The molecular weight excluding hydrogens is 372 g/mol. The van der Waals surface area contributed by atoms with E-state index in [4.69, 9.17) is 11.6 Å². The van der Waals surface area contributed by atoms with Gasteiger partial charge in [-0.15, -0.1) is 11.6 Å². The van der Waals surface area contributed by atoms with Gasteiger partial charge in [-0.1, -0.05) is 136 Å². The van der Waals surface area contributed by atoms with Crippen LogP contribution in [0.5, 0.6) is 0 Å². The maximum absolute atomic E-state index is 5.80. The normalized spacial score (nSPS) is 12.0. The zero-order chi connectivity index (χ0) is 21.5. The van der Waals surface area contributed by atoms with Crippen molar-refractivity contribution in [1.29, 1.82) is 0 Å². The molecule has 176 valence electrons. The number of hydrogen-bond acceptors (Lipinski definition) is 0. The fourth-order valence-electron chi connectivity index (χ4n) is 5.01. The Kier molecular flexibility index (Phi) is 23.2. The van der Waals surface area contributed by atoms with Gasteiger partial charge in [0.1, 0.15) is 0 Å². The van der Waals surface area contributed by atoms with E-state index in [1.807, 2.05) is 0 Å². The fraction of sp³-hybridized carbons (Fsp3) is 1.00. The van der Waals surface area contributed by atoms with Crippen LogP contribution in [0, 0.1) is 5.41 Å². The number of hydrogen-bond donors (Lipinski definition) is 0. The molecule has 0 aliphatic rings. The van der Waals surface area contributed by atoms with Gasteiger partial charge in [0.15, 0.2) is 0 Å². The van der Waals surface area contributed by atoms with Gasteiger partial charge in [-0.2, -0.15) is 0 Å². The van der Waals surface area contributed by atoms with Gasteiger partial charge in [-0.25, -0.2) is 0 Å². The van der Waals surface area contributed by atoms with E-state index >= 15 is 0 Å². The lowest BCUT2D eigenvalue weighted by molar-refractivity contribution is 0.172. The van der Waals surface area contributed by atoms with Crippen LogP contribution >= 0.6 is 11.6 Å². The average Bonchev–Trinajstić information content (AvgIpc) is 2.73. The molecule has 1 heteroatoms. The number of halogens is 1. The Bertz CT molecular complexity index is 267. The molecule has 0 atom stereocenters. The lowest BCUT2D eigenvalue weighted by Crippen LogP contribution is -2.21. The van der Waals surface area contributed by atoms with Crippen molar-refractivity contribution < 1.29 is 0 Å². The van der Waals surface area contributed by atoms with Crippen LogP contribution in [0.4, 0.5) is 0 Å². The fourth-order valence-corrected chi connectivity index (χ4v) is 5.20. The van der Waals surface area contributed by atoms with Gasteiger partial charge in [0.05, 0.1) is 0 Å². The first-order chi connectivity index (χ1) is 14.2. The van der Waals surface area contributed by atoms with E-state index in [-0.39, 0.29) is 0 Å². The van der Waals surface area contributed by atoms with Gasteiger partial charge in [0.2, 0.25) is 0 Å². The summed E-state index contributed by atoms with van der Waals surface area (Å²) in [5.41, 5.74) is 0.674. The molecule has 0 N–H and O–H groups in total. The minimum Gasteiger partial charge on any atom is -0.127 e. The molecule has 0 radical (unpaired) electrons.